The lowest BCUT2D eigenvalue weighted by molar-refractivity contribution is 0.288. The molecule has 1 fully saturated rings. The number of hydrogen-bond donors (Lipinski definition) is 1. The van der Waals surface area contributed by atoms with Gasteiger partial charge in [0.25, 0.3) is 0 Å². The number of para-hydroxylation sites is 1. The Morgan fingerprint density at radius 1 is 1.18 bits per heavy atom. The zero-order chi connectivity index (χ0) is 14.8. The molecule has 112 valence electrons. The van der Waals surface area contributed by atoms with E-state index < -0.39 is 0 Å². The Hall–Kier alpha value is -2.63. The SMILES string of the molecule is c1ccc(OCC2CCCN2c2ncnc3nc[nH]c23)cc1. The summed E-state index contributed by atoms with van der Waals surface area (Å²) in [6.07, 6.45) is 5.48. The summed E-state index contributed by atoms with van der Waals surface area (Å²) in [6.45, 7) is 1.64. The van der Waals surface area contributed by atoms with Gasteiger partial charge in [0.15, 0.2) is 11.5 Å². The number of imidazole rings is 1. The molecule has 4 rings (SSSR count). The van der Waals surface area contributed by atoms with Gasteiger partial charge in [-0.3, -0.25) is 0 Å². The molecule has 6 nitrogen and oxygen atoms in total. The Bertz CT molecular complexity index is 757. The Morgan fingerprint density at radius 3 is 3.00 bits per heavy atom. The van der Waals surface area contributed by atoms with E-state index >= 15 is 0 Å². The zero-order valence-corrected chi connectivity index (χ0v) is 12.1. The van der Waals surface area contributed by atoms with Gasteiger partial charge in [-0.1, -0.05) is 18.2 Å². The topological polar surface area (TPSA) is 66.9 Å². The number of ether oxygens (including phenoxy) is 1. The van der Waals surface area contributed by atoms with Crippen molar-refractivity contribution in [2.24, 2.45) is 0 Å². The number of benzene rings is 1. The van der Waals surface area contributed by atoms with Crippen molar-refractivity contribution in [1.82, 2.24) is 19.9 Å². The number of H-pyrrole nitrogens is 1. The zero-order valence-electron chi connectivity index (χ0n) is 12.1. The molecule has 2 aromatic heterocycles. The van der Waals surface area contributed by atoms with Crippen molar-refractivity contribution in [3.8, 4) is 5.75 Å². The highest BCUT2D eigenvalue weighted by molar-refractivity contribution is 5.82. The van der Waals surface area contributed by atoms with Crippen molar-refractivity contribution < 1.29 is 4.74 Å². The molecule has 1 saturated heterocycles. The van der Waals surface area contributed by atoms with Crippen LogP contribution < -0.4 is 9.64 Å². The van der Waals surface area contributed by atoms with E-state index in [1.807, 2.05) is 30.3 Å². The highest BCUT2D eigenvalue weighted by Gasteiger charge is 2.28. The molecule has 1 aliphatic rings. The van der Waals surface area contributed by atoms with Gasteiger partial charge in [-0.25, -0.2) is 15.0 Å². The second kappa shape index (κ2) is 5.63. The summed E-state index contributed by atoms with van der Waals surface area (Å²) in [4.78, 5) is 18.3. The van der Waals surface area contributed by atoms with E-state index in [2.05, 4.69) is 24.8 Å². The summed E-state index contributed by atoms with van der Waals surface area (Å²) in [6, 6.07) is 10.3. The molecular weight excluding hydrogens is 278 g/mol. The minimum absolute atomic E-state index is 0.321. The van der Waals surface area contributed by atoms with Crippen LogP contribution in [0, 0.1) is 0 Å². The Morgan fingerprint density at radius 2 is 2.09 bits per heavy atom. The van der Waals surface area contributed by atoms with Crippen LogP contribution in [0.5, 0.6) is 5.75 Å². The smallest absolute Gasteiger partial charge is 0.182 e. The first-order chi connectivity index (χ1) is 10.9. The minimum Gasteiger partial charge on any atom is -0.491 e. The Balaban J connectivity index is 1.55. The molecule has 6 heteroatoms. The largest absolute Gasteiger partial charge is 0.491 e. The van der Waals surface area contributed by atoms with Crippen LogP contribution >= 0.6 is 0 Å². The average molecular weight is 295 g/mol. The minimum atomic E-state index is 0.321. The summed E-state index contributed by atoms with van der Waals surface area (Å²) in [5.41, 5.74) is 1.61. The fraction of sp³-hybridized carbons (Fsp3) is 0.312. The molecule has 1 N–H and O–H groups in total. The van der Waals surface area contributed by atoms with Crippen LogP contribution in [0.25, 0.3) is 11.2 Å². The third-order valence-corrected chi connectivity index (χ3v) is 4.04. The molecule has 3 heterocycles. The third-order valence-electron chi connectivity index (χ3n) is 4.04. The first-order valence-electron chi connectivity index (χ1n) is 7.50. The predicted octanol–water partition coefficient (Wildman–Crippen LogP) is 2.40. The predicted molar refractivity (Wildman–Crippen MR) is 84.0 cm³/mol. The molecular formula is C16H17N5O. The number of rotatable bonds is 4. The fourth-order valence-electron chi connectivity index (χ4n) is 2.97. The van der Waals surface area contributed by atoms with E-state index in [0.29, 0.717) is 18.3 Å². The number of aromatic amines is 1. The van der Waals surface area contributed by atoms with Gasteiger partial charge < -0.3 is 14.6 Å². The van der Waals surface area contributed by atoms with Crippen LogP contribution in [0.2, 0.25) is 0 Å². The molecule has 0 saturated carbocycles. The second-order valence-electron chi connectivity index (χ2n) is 5.41. The standard InChI is InChI=1S/C16H17N5O/c1-2-6-13(7-3-1)22-9-12-5-4-8-21(12)16-14-15(18-10-17-14)19-11-20-16/h1-3,6-7,10-12H,4-5,8-9H2,(H,17,18,19,20). The highest BCUT2D eigenvalue weighted by Crippen LogP contribution is 2.28. The Labute approximate surface area is 128 Å². The van der Waals surface area contributed by atoms with E-state index in [1.165, 1.54) is 0 Å². The van der Waals surface area contributed by atoms with Crippen LogP contribution in [0.15, 0.2) is 43.0 Å². The third kappa shape index (κ3) is 2.36. The molecule has 1 aliphatic heterocycles. The molecule has 1 unspecified atom stereocenters. The summed E-state index contributed by atoms with van der Waals surface area (Å²) in [5.74, 6) is 1.82. The van der Waals surface area contributed by atoms with Gasteiger partial charge >= 0.3 is 0 Å². The van der Waals surface area contributed by atoms with Gasteiger partial charge in [0.05, 0.1) is 12.4 Å². The molecule has 0 bridgehead atoms. The number of aromatic nitrogens is 4. The van der Waals surface area contributed by atoms with Gasteiger partial charge in [0.2, 0.25) is 0 Å². The molecule has 1 aromatic carbocycles. The van der Waals surface area contributed by atoms with Crippen molar-refractivity contribution >= 4 is 17.0 Å². The van der Waals surface area contributed by atoms with Crippen molar-refractivity contribution in [3.05, 3.63) is 43.0 Å². The van der Waals surface area contributed by atoms with Crippen LogP contribution in [0.4, 0.5) is 5.82 Å². The lowest BCUT2D eigenvalue weighted by Gasteiger charge is -2.25. The maximum absolute atomic E-state index is 5.92. The van der Waals surface area contributed by atoms with Gasteiger partial charge in [-0.05, 0) is 25.0 Å². The molecule has 22 heavy (non-hydrogen) atoms. The Kier molecular flexibility index (Phi) is 3.34. The first-order valence-corrected chi connectivity index (χ1v) is 7.50. The van der Waals surface area contributed by atoms with Gasteiger partial charge in [0.1, 0.15) is 24.2 Å². The molecule has 0 amide bonds. The summed E-state index contributed by atoms with van der Waals surface area (Å²) in [7, 11) is 0. The molecule has 0 radical (unpaired) electrons. The normalized spacial score (nSPS) is 18.0. The molecule has 0 aliphatic carbocycles. The van der Waals surface area contributed by atoms with Crippen LogP contribution in [-0.2, 0) is 0 Å². The average Bonchev–Trinajstić information content (AvgIpc) is 3.22. The van der Waals surface area contributed by atoms with E-state index in [9.17, 15) is 0 Å². The van der Waals surface area contributed by atoms with Crippen LogP contribution in [-0.4, -0.2) is 39.1 Å². The molecule has 0 spiro atoms. The quantitative estimate of drug-likeness (QED) is 0.800. The van der Waals surface area contributed by atoms with Crippen molar-refractivity contribution in [2.45, 2.75) is 18.9 Å². The first kappa shape index (κ1) is 13.1. The summed E-state index contributed by atoms with van der Waals surface area (Å²) in [5, 5.41) is 0. The van der Waals surface area contributed by atoms with Gasteiger partial charge in [-0.2, -0.15) is 0 Å². The van der Waals surface area contributed by atoms with E-state index in [1.54, 1.807) is 12.7 Å². The molecule has 1 atom stereocenters. The van der Waals surface area contributed by atoms with Gasteiger partial charge in [-0.15, -0.1) is 0 Å². The number of fused-ring (bicyclic) bond motifs is 1. The van der Waals surface area contributed by atoms with Crippen molar-refractivity contribution in [1.29, 1.82) is 0 Å². The van der Waals surface area contributed by atoms with Crippen LogP contribution in [0.3, 0.4) is 0 Å². The van der Waals surface area contributed by atoms with Crippen molar-refractivity contribution in [2.75, 3.05) is 18.1 Å². The maximum Gasteiger partial charge on any atom is 0.182 e. The van der Waals surface area contributed by atoms with E-state index in [4.69, 9.17) is 4.74 Å². The number of hydrogen-bond acceptors (Lipinski definition) is 5. The van der Waals surface area contributed by atoms with Crippen molar-refractivity contribution in [3.63, 3.8) is 0 Å². The second-order valence-corrected chi connectivity index (χ2v) is 5.41. The van der Waals surface area contributed by atoms with E-state index in [0.717, 1.165) is 36.5 Å². The number of anilines is 1. The lowest BCUT2D eigenvalue weighted by Crippen LogP contribution is -2.35. The molecule has 3 aromatic rings. The summed E-state index contributed by atoms with van der Waals surface area (Å²) < 4.78 is 5.92. The monoisotopic (exact) mass is 295 g/mol. The number of nitrogens with one attached hydrogen (secondary N) is 1. The highest BCUT2D eigenvalue weighted by atomic mass is 16.5. The lowest BCUT2D eigenvalue weighted by atomic mass is 10.2. The number of nitrogens with zero attached hydrogens (tertiary/aromatic N) is 4. The van der Waals surface area contributed by atoms with Crippen LogP contribution in [0.1, 0.15) is 12.8 Å². The summed E-state index contributed by atoms with van der Waals surface area (Å²) >= 11 is 0. The van der Waals surface area contributed by atoms with Gasteiger partial charge in [0, 0.05) is 6.54 Å². The maximum atomic E-state index is 5.92. The van der Waals surface area contributed by atoms with E-state index in [-0.39, 0.29) is 0 Å². The fourth-order valence-corrected chi connectivity index (χ4v) is 2.97.